The summed E-state index contributed by atoms with van der Waals surface area (Å²) in [6.07, 6.45) is 2.51. The number of rotatable bonds is 3. The lowest BCUT2D eigenvalue weighted by molar-refractivity contribution is -0.118. The average Bonchev–Trinajstić information content (AvgIpc) is 2.38. The van der Waals surface area contributed by atoms with E-state index in [1.54, 1.807) is 0 Å². The molecule has 4 heteroatoms. The third-order valence-electron chi connectivity index (χ3n) is 2.89. The highest BCUT2D eigenvalue weighted by atomic mass is 32.2. The van der Waals surface area contributed by atoms with Gasteiger partial charge < -0.3 is 4.90 Å². The number of hydrogen-bond donors (Lipinski definition) is 0. The lowest BCUT2D eigenvalue weighted by Gasteiger charge is -2.29. The zero-order valence-electron chi connectivity index (χ0n) is 9.56. The molecule has 0 aromatic heterocycles. The van der Waals surface area contributed by atoms with Gasteiger partial charge >= 0.3 is 0 Å². The second-order valence-corrected chi connectivity index (χ2v) is 4.85. The number of fused-ring (bicyclic) bond motifs is 1. The summed E-state index contributed by atoms with van der Waals surface area (Å²) in [7, 11) is 0. The van der Waals surface area contributed by atoms with E-state index in [1.165, 1.54) is 5.56 Å². The molecule has 0 saturated carbocycles. The smallest absolute Gasteiger partial charge is 0.227 e. The molecule has 0 atom stereocenters. The molecule has 0 aliphatic carbocycles. The van der Waals surface area contributed by atoms with Crippen molar-refractivity contribution in [1.82, 2.24) is 0 Å². The highest BCUT2D eigenvalue weighted by molar-refractivity contribution is 8.03. The van der Waals surface area contributed by atoms with E-state index in [9.17, 15) is 4.79 Å². The molecule has 3 nitrogen and oxygen atoms in total. The van der Waals surface area contributed by atoms with Gasteiger partial charge in [0.05, 0.1) is 0 Å². The average molecular weight is 246 g/mol. The number of hydrogen-bond acceptors (Lipinski definition) is 3. The Morgan fingerprint density at radius 3 is 3.12 bits per heavy atom. The second-order valence-electron chi connectivity index (χ2n) is 3.97. The maximum Gasteiger partial charge on any atom is 0.227 e. The third-order valence-corrected chi connectivity index (χ3v) is 3.43. The number of anilines is 1. The highest BCUT2D eigenvalue weighted by Gasteiger charge is 2.21. The fraction of sp³-hybridized carbons (Fsp3) is 0.385. The maximum absolute atomic E-state index is 12.0. The lowest BCUT2D eigenvalue weighted by atomic mass is 10.0. The van der Waals surface area contributed by atoms with Crippen molar-refractivity contribution >= 4 is 23.4 Å². The van der Waals surface area contributed by atoms with Crippen molar-refractivity contribution in [2.75, 3.05) is 17.2 Å². The molecule has 1 aromatic rings. The summed E-state index contributed by atoms with van der Waals surface area (Å²) in [4.78, 5) is 13.9. The number of nitrogens with zero attached hydrogens (tertiary/aromatic N) is 2. The van der Waals surface area contributed by atoms with Gasteiger partial charge in [0.15, 0.2) is 0 Å². The van der Waals surface area contributed by atoms with E-state index in [0.29, 0.717) is 12.2 Å². The highest BCUT2D eigenvalue weighted by Crippen LogP contribution is 2.27. The molecular formula is C13H14N2OS. The Labute approximate surface area is 105 Å². The zero-order valence-corrected chi connectivity index (χ0v) is 10.4. The first-order chi connectivity index (χ1) is 8.33. The summed E-state index contributed by atoms with van der Waals surface area (Å²) in [6.45, 7) is 0.799. The van der Waals surface area contributed by atoms with Gasteiger partial charge in [-0.1, -0.05) is 18.2 Å². The molecule has 0 N–H and O–H groups in total. The van der Waals surface area contributed by atoms with Crippen LogP contribution in [0.1, 0.15) is 18.4 Å². The third kappa shape index (κ3) is 2.80. The summed E-state index contributed by atoms with van der Waals surface area (Å²) in [6, 6.07) is 8.06. The van der Waals surface area contributed by atoms with Crippen LogP contribution < -0.4 is 4.90 Å². The molecule has 88 valence electrons. The molecule has 0 saturated heterocycles. The number of carbonyl (C=O) groups excluding carboxylic acids is 1. The molecule has 0 spiro atoms. The van der Waals surface area contributed by atoms with Crippen LogP contribution in [0.2, 0.25) is 0 Å². The van der Waals surface area contributed by atoms with E-state index in [2.05, 4.69) is 6.07 Å². The molecule has 17 heavy (non-hydrogen) atoms. The Hall–Kier alpha value is -1.47. The van der Waals surface area contributed by atoms with Gasteiger partial charge in [0.1, 0.15) is 5.40 Å². The topological polar surface area (TPSA) is 44.1 Å². The van der Waals surface area contributed by atoms with Crippen molar-refractivity contribution < 1.29 is 4.79 Å². The van der Waals surface area contributed by atoms with Gasteiger partial charge in [0.2, 0.25) is 5.91 Å². The van der Waals surface area contributed by atoms with Crippen LogP contribution in [-0.4, -0.2) is 18.2 Å². The first-order valence-electron chi connectivity index (χ1n) is 5.72. The number of benzene rings is 1. The minimum atomic E-state index is 0.125. The molecule has 0 unspecified atom stereocenters. The van der Waals surface area contributed by atoms with Gasteiger partial charge in [-0.2, -0.15) is 5.26 Å². The van der Waals surface area contributed by atoms with Crippen LogP contribution in [0.25, 0.3) is 0 Å². The lowest BCUT2D eigenvalue weighted by Crippen LogP contribution is -2.35. The van der Waals surface area contributed by atoms with Gasteiger partial charge in [0.25, 0.3) is 0 Å². The first-order valence-corrected chi connectivity index (χ1v) is 6.70. The number of thiocyanates is 1. The predicted molar refractivity (Wildman–Crippen MR) is 69.8 cm³/mol. The minimum absolute atomic E-state index is 0.125. The molecule has 2 rings (SSSR count). The van der Waals surface area contributed by atoms with Crippen LogP contribution in [0.4, 0.5) is 5.69 Å². The molecule has 1 heterocycles. The zero-order chi connectivity index (χ0) is 12.1. The number of nitriles is 1. The Morgan fingerprint density at radius 2 is 2.29 bits per heavy atom. The monoisotopic (exact) mass is 246 g/mol. The van der Waals surface area contributed by atoms with Gasteiger partial charge in [-0.05, 0) is 36.2 Å². The van der Waals surface area contributed by atoms with Crippen LogP contribution in [0.3, 0.4) is 0 Å². The molecule has 0 fully saturated rings. The summed E-state index contributed by atoms with van der Waals surface area (Å²) in [5.74, 6) is 0.702. The summed E-state index contributed by atoms with van der Waals surface area (Å²) in [5.41, 5.74) is 2.30. The molecule has 1 aliphatic rings. The Bertz CT molecular complexity index is 453. The molecule has 1 aliphatic heterocycles. The number of thioether (sulfide) groups is 1. The largest absolute Gasteiger partial charge is 0.312 e. The van der Waals surface area contributed by atoms with Crippen molar-refractivity contribution in [3.05, 3.63) is 29.8 Å². The Kier molecular flexibility index (Phi) is 4.05. The van der Waals surface area contributed by atoms with Gasteiger partial charge in [-0.15, -0.1) is 0 Å². The van der Waals surface area contributed by atoms with Crippen LogP contribution in [0.15, 0.2) is 24.3 Å². The fourth-order valence-corrected chi connectivity index (χ4v) is 2.48. The SMILES string of the molecule is N#CSCCC(=O)N1CCCc2ccccc21. The molecular weight excluding hydrogens is 232 g/mol. The van der Waals surface area contributed by atoms with Crippen LogP contribution in [0, 0.1) is 10.7 Å². The number of aryl methyl sites for hydroxylation is 1. The van der Waals surface area contributed by atoms with E-state index < -0.39 is 0 Å². The number of para-hydroxylation sites is 1. The first kappa shape index (κ1) is 12.0. The van der Waals surface area contributed by atoms with Gasteiger partial charge in [-0.25, -0.2) is 0 Å². The molecule has 1 aromatic carbocycles. The standard InChI is InChI=1S/C13H14N2OS/c14-10-17-9-7-13(16)15-8-3-5-11-4-1-2-6-12(11)15/h1-2,4,6H,3,5,7-9H2. The van der Waals surface area contributed by atoms with E-state index >= 15 is 0 Å². The van der Waals surface area contributed by atoms with E-state index in [4.69, 9.17) is 5.26 Å². The maximum atomic E-state index is 12.0. The molecule has 1 amide bonds. The minimum Gasteiger partial charge on any atom is -0.312 e. The van der Waals surface area contributed by atoms with Crippen LogP contribution in [0.5, 0.6) is 0 Å². The quantitative estimate of drug-likeness (QED) is 0.608. The van der Waals surface area contributed by atoms with Gasteiger partial charge in [-0.3, -0.25) is 4.79 Å². The summed E-state index contributed by atoms with van der Waals surface area (Å²) < 4.78 is 0. The van der Waals surface area contributed by atoms with Crippen LogP contribution in [-0.2, 0) is 11.2 Å². The van der Waals surface area contributed by atoms with Crippen molar-refractivity contribution in [2.45, 2.75) is 19.3 Å². The van der Waals surface area contributed by atoms with Crippen molar-refractivity contribution in [3.63, 3.8) is 0 Å². The fourth-order valence-electron chi connectivity index (χ4n) is 2.11. The van der Waals surface area contributed by atoms with Crippen molar-refractivity contribution in [3.8, 4) is 5.40 Å². The Morgan fingerprint density at radius 1 is 1.47 bits per heavy atom. The number of carbonyl (C=O) groups is 1. The molecule has 0 radical (unpaired) electrons. The van der Waals surface area contributed by atoms with Crippen molar-refractivity contribution in [2.24, 2.45) is 0 Å². The number of amides is 1. The summed E-state index contributed by atoms with van der Waals surface area (Å²) >= 11 is 1.14. The van der Waals surface area contributed by atoms with Crippen molar-refractivity contribution in [1.29, 1.82) is 5.26 Å². The predicted octanol–water partition coefficient (Wildman–Crippen LogP) is 2.57. The second kappa shape index (κ2) is 5.74. The van der Waals surface area contributed by atoms with E-state index in [1.807, 2.05) is 28.5 Å². The molecule has 0 bridgehead atoms. The van der Waals surface area contributed by atoms with Crippen LogP contribution >= 0.6 is 11.8 Å². The van der Waals surface area contributed by atoms with E-state index in [-0.39, 0.29) is 5.91 Å². The summed E-state index contributed by atoms with van der Waals surface area (Å²) in [5, 5.41) is 10.4. The van der Waals surface area contributed by atoms with Gasteiger partial charge in [0, 0.05) is 24.4 Å². The van der Waals surface area contributed by atoms with E-state index in [0.717, 1.165) is 36.8 Å². The normalized spacial score (nSPS) is 13.9. The Balaban J connectivity index is 2.08.